The minimum atomic E-state index is -3.73. The molecule has 1 fully saturated rings. The molecule has 140 valence electrons. The maximum atomic E-state index is 14.1. The van der Waals surface area contributed by atoms with Crippen molar-refractivity contribution in [3.63, 3.8) is 0 Å². The Morgan fingerprint density at radius 3 is 2.65 bits per heavy atom. The SMILES string of the molecule is CS(=O)(=O)OC1CCN(C(=O)OCc2ccc3ccccc3c2)CC1F. The van der Waals surface area contributed by atoms with Gasteiger partial charge in [0, 0.05) is 6.54 Å². The zero-order valence-corrected chi connectivity index (χ0v) is 15.1. The number of amides is 1. The number of fused-ring (bicyclic) bond motifs is 1. The van der Waals surface area contributed by atoms with Crippen LogP contribution in [-0.2, 0) is 25.6 Å². The number of ether oxygens (including phenoxy) is 1. The van der Waals surface area contributed by atoms with E-state index in [0.29, 0.717) is 0 Å². The Hall–Kier alpha value is -2.19. The Labute approximate surface area is 151 Å². The number of carbonyl (C=O) groups excluding carboxylic acids is 1. The van der Waals surface area contributed by atoms with Crippen LogP contribution in [0.25, 0.3) is 10.8 Å². The maximum Gasteiger partial charge on any atom is 0.410 e. The van der Waals surface area contributed by atoms with Gasteiger partial charge in [-0.3, -0.25) is 4.18 Å². The van der Waals surface area contributed by atoms with Crippen molar-refractivity contribution in [2.75, 3.05) is 19.3 Å². The van der Waals surface area contributed by atoms with Crippen molar-refractivity contribution in [3.05, 3.63) is 48.0 Å². The highest BCUT2D eigenvalue weighted by Crippen LogP contribution is 2.20. The molecule has 0 saturated carbocycles. The fourth-order valence-corrected chi connectivity index (χ4v) is 3.61. The Kier molecular flexibility index (Phi) is 5.43. The first kappa shape index (κ1) is 18.6. The molecule has 1 aliphatic rings. The first-order chi connectivity index (χ1) is 12.3. The van der Waals surface area contributed by atoms with E-state index in [2.05, 4.69) is 0 Å². The van der Waals surface area contributed by atoms with Crippen LogP contribution >= 0.6 is 0 Å². The largest absolute Gasteiger partial charge is 0.445 e. The van der Waals surface area contributed by atoms with Crippen LogP contribution in [0.1, 0.15) is 12.0 Å². The lowest BCUT2D eigenvalue weighted by Crippen LogP contribution is -2.48. The molecule has 1 aliphatic heterocycles. The molecule has 2 aromatic rings. The molecule has 1 saturated heterocycles. The third-order valence-corrected chi connectivity index (χ3v) is 4.81. The van der Waals surface area contributed by atoms with Crippen LogP contribution in [0, 0.1) is 0 Å². The first-order valence-electron chi connectivity index (χ1n) is 8.23. The van der Waals surface area contributed by atoms with Gasteiger partial charge in [-0.15, -0.1) is 0 Å². The summed E-state index contributed by atoms with van der Waals surface area (Å²) in [6, 6.07) is 13.6. The monoisotopic (exact) mass is 381 g/mol. The second-order valence-corrected chi connectivity index (χ2v) is 7.93. The van der Waals surface area contributed by atoms with Crippen LogP contribution in [0.5, 0.6) is 0 Å². The van der Waals surface area contributed by atoms with Gasteiger partial charge in [0.2, 0.25) is 0 Å². The van der Waals surface area contributed by atoms with Gasteiger partial charge in [-0.2, -0.15) is 8.42 Å². The van der Waals surface area contributed by atoms with Gasteiger partial charge >= 0.3 is 6.09 Å². The number of hydrogen-bond donors (Lipinski definition) is 0. The topological polar surface area (TPSA) is 72.9 Å². The molecule has 8 heteroatoms. The van der Waals surface area contributed by atoms with E-state index in [-0.39, 0.29) is 26.1 Å². The van der Waals surface area contributed by atoms with Gasteiger partial charge in [-0.1, -0.05) is 36.4 Å². The Balaban J connectivity index is 1.55. The van der Waals surface area contributed by atoms with E-state index in [1.54, 1.807) is 0 Å². The number of benzene rings is 2. The molecule has 0 aliphatic carbocycles. The number of rotatable bonds is 4. The number of carbonyl (C=O) groups is 1. The molecular formula is C18H20FNO5S. The number of halogens is 1. The summed E-state index contributed by atoms with van der Waals surface area (Å²) in [4.78, 5) is 13.4. The molecule has 2 unspecified atom stereocenters. The molecule has 1 heterocycles. The number of hydrogen-bond acceptors (Lipinski definition) is 5. The van der Waals surface area contributed by atoms with Crippen molar-refractivity contribution in [2.24, 2.45) is 0 Å². The van der Waals surface area contributed by atoms with Gasteiger partial charge in [0.1, 0.15) is 18.9 Å². The van der Waals surface area contributed by atoms with Crippen molar-refractivity contribution >= 4 is 27.0 Å². The molecule has 26 heavy (non-hydrogen) atoms. The summed E-state index contributed by atoms with van der Waals surface area (Å²) >= 11 is 0. The maximum absolute atomic E-state index is 14.1. The second kappa shape index (κ2) is 7.59. The van der Waals surface area contributed by atoms with E-state index in [9.17, 15) is 17.6 Å². The van der Waals surface area contributed by atoms with Gasteiger partial charge < -0.3 is 9.64 Å². The van der Waals surface area contributed by atoms with Crippen LogP contribution in [0.3, 0.4) is 0 Å². The lowest BCUT2D eigenvalue weighted by atomic mass is 10.1. The van der Waals surface area contributed by atoms with E-state index in [0.717, 1.165) is 22.6 Å². The highest BCUT2D eigenvalue weighted by atomic mass is 32.2. The van der Waals surface area contributed by atoms with Crippen LogP contribution in [0.4, 0.5) is 9.18 Å². The van der Waals surface area contributed by atoms with Crippen LogP contribution in [0.15, 0.2) is 42.5 Å². The quantitative estimate of drug-likeness (QED) is 0.762. The third-order valence-electron chi connectivity index (χ3n) is 4.21. The van der Waals surface area contributed by atoms with Crippen molar-refractivity contribution in [1.29, 1.82) is 0 Å². The smallest absolute Gasteiger partial charge is 0.410 e. The Bertz CT molecular complexity index is 901. The highest BCUT2D eigenvalue weighted by Gasteiger charge is 2.35. The van der Waals surface area contributed by atoms with Crippen LogP contribution < -0.4 is 0 Å². The molecule has 0 bridgehead atoms. The van der Waals surface area contributed by atoms with Gasteiger partial charge in [-0.05, 0) is 28.8 Å². The molecule has 3 rings (SSSR count). The molecule has 6 nitrogen and oxygen atoms in total. The molecule has 2 aromatic carbocycles. The summed E-state index contributed by atoms with van der Waals surface area (Å²) in [6.45, 7) is 0.00822. The average Bonchev–Trinajstić information content (AvgIpc) is 2.60. The van der Waals surface area contributed by atoms with Crippen molar-refractivity contribution in [3.8, 4) is 0 Å². The standard InChI is InChI=1S/C18H20FNO5S/c1-26(22,23)25-17-8-9-20(11-16(17)19)18(21)24-12-13-6-7-14-4-2-3-5-15(14)10-13/h2-7,10,16-17H,8-9,11-12H2,1H3. The summed E-state index contributed by atoms with van der Waals surface area (Å²) in [5.41, 5.74) is 0.837. The van der Waals surface area contributed by atoms with E-state index in [1.165, 1.54) is 4.90 Å². The van der Waals surface area contributed by atoms with Gasteiger partial charge in [0.25, 0.3) is 10.1 Å². The normalized spacial score (nSPS) is 20.9. The van der Waals surface area contributed by atoms with Crippen molar-refractivity contribution < 1.29 is 26.5 Å². The average molecular weight is 381 g/mol. The number of alkyl halides is 1. The minimum Gasteiger partial charge on any atom is -0.445 e. The fraction of sp³-hybridized carbons (Fsp3) is 0.389. The number of likely N-dealkylation sites (tertiary alicyclic amines) is 1. The van der Waals surface area contributed by atoms with E-state index in [1.807, 2.05) is 42.5 Å². The summed E-state index contributed by atoms with van der Waals surface area (Å²) in [5, 5.41) is 2.14. The second-order valence-electron chi connectivity index (χ2n) is 6.33. The molecule has 0 radical (unpaired) electrons. The zero-order valence-electron chi connectivity index (χ0n) is 14.3. The van der Waals surface area contributed by atoms with Gasteiger partial charge in [-0.25, -0.2) is 9.18 Å². The lowest BCUT2D eigenvalue weighted by Gasteiger charge is -2.33. The Morgan fingerprint density at radius 2 is 1.96 bits per heavy atom. The third kappa shape index (κ3) is 4.70. The first-order valence-corrected chi connectivity index (χ1v) is 10.1. The van der Waals surface area contributed by atoms with Crippen LogP contribution in [-0.4, -0.2) is 51.0 Å². The molecule has 1 amide bonds. The minimum absolute atomic E-state index is 0.0837. The molecule has 0 N–H and O–H groups in total. The summed E-state index contributed by atoms with van der Waals surface area (Å²) in [5.74, 6) is 0. The highest BCUT2D eigenvalue weighted by molar-refractivity contribution is 7.86. The molecular weight excluding hydrogens is 361 g/mol. The molecule has 2 atom stereocenters. The van der Waals surface area contributed by atoms with Gasteiger partial charge in [0.05, 0.1) is 12.8 Å². The van der Waals surface area contributed by atoms with E-state index >= 15 is 0 Å². The van der Waals surface area contributed by atoms with Crippen molar-refractivity contribution in [1.82, 2.24) is 4.90 Å². The molecule has 0 aromatic heterocycles. The summed E-state index contributed by atoms with van der Waals surface area (Å²) in [7, 11) is -3.73. The number of piperidine rings is 1. The predicted molar refractivity (Wildman–Crippen MR) is 94.9 cm³/mol. The molecule has 0 spiro atoms. The lowest BCUT2D eigenvalue weighted by molar-refractivity contribution is 0.0180. The predicted octanol–water partition coefficient (Wildman–Crippen LogP) is 2.87. The number of nitrogens with zero attached hydrogens (tertiary/aromatic N) is 1. The van der Waals surface area contributed by atoms with E-state index in [4.69, 9.17) is 8.92 Å². The van der Waals surface area contributed by atoms with Crippen molar-refractivity contribution in [2.45, 2.75) is 25.3 Å². The van der Waals surface area contributed by atoms with Crippen LogP contribution in [0.2, 0.25) is 0 Å². The van der Waals surface area contributed by atoms with Gasteiger partial charge in [0.15, 0.2) is 0 Å². The Morgan fingerprint density at radius 1 is 1.23 bits per heavy atom. The summed E-state index contributed by atoms with van der Waals surface area (Å²) < 4.78 is 46.3. The summed E-state index contributed by atoms with van der Waals surface area (Å²) in [6.07, 6.45) is -2.29. The zero-order chi connectivity index (χ0) is 18.7. The fourth-order valence-electron chi connectivity index (χ4n) is 2.95. The van der Waals surface area contributed by atoms with E-state index < -0.39 is 28.5 Å².